The third-order valence-electron chi connectivity index (χ3n) is 5.91. The Hall–Kier alpha value is -3.67. The topological polar surface area (TPSA) is 123 Å². The molecule has 3 heterocycles. The van der Waals surface area contributed by atoms with Gasteiger partial charge < -0.3 is 24.7 Å². The lowest BCUT2D eigenvalue weighted by Crippen LogP contribution is -2.38. The first-order valence-electron chi connectivity index (χ1n) is 11.4. The fraction of sp³-hybridized carbons (Fsp3) is 0.333. The number of hydrogen-bond acceptors (Lipinski definition) is 10. The molecule has 5 rings (SSSR count). The number of anilines is 1. The highest BCUT2D eigenvalue weighted by molar-refractivity contribution is 6.29. The summed E-state index contributed by atoms with van der Waals surface area (Å²) in [6, 6.07) is 9.22. The molecular weight excluding hydrogens is 486 g/mol. The van der Waals surface area contributed by atoms with Crippen LogP contribution in [-0.2, 0) is 4.74 Å². The number of imidazole rings is 1. The van der Waals surface area contributed by atoms with E-state index in [9.17, 15) is 0 Å². The molecule has 0 aliphatic carbocycles. The number of hydrogen-bond donors (Lipinski definition) is 1. The standard InChI is InChI=1S/C24H26ClN7O4/c1-33-20-18(36-12-9-31-7-10-35-11-8-31)13-15(26)19(21(20)34-2)22-27-14-28-24(30-22)32-17-6-4-3-5-16(17)29-23(32)25/h3-6,13-14H,7-12,26H2,1-2H3. The minimum atomic E-state index is 0.231. The smallest absolute Gasteiger partial charge is 0.240 e. The van der Waals surface area contributed by atoms with Crippen LogP contribution in [0.15, 0.2) is 36.7 Å². The molecular formula is C24H26ClN7O4. The third-order valence-corrected chi connectivity index (χ3v) is 6.17. The number of rotatable bonds is 8. The van der Waals surface area contributed by atoms with Crippen LogP contribution < -0.4 is 19.9 Å². The second-order valence-corrected chi connectivity index (χ2v) is 8.36. The molecule has 0 atom stereocenters. The summed E-state index contributed by atoms with van der Waals surface area (Å²) in [5.41, 5.74) is 8.78. The van der Waals surface area contributed by atoms with Crippen LogP contribution in [0.1, 0.15) is 0 Å². The molecule has 11 nitrogen and oxygen atoms in total. The van der Waals surface area contributed by atoms with Gasteiger partial charge in [0, 0.05) is 25.7 Å². The monoisotopic (exact) mass is 511 g/mol. The maximum absolute atomic E-state index is 6.47. The predicted molar refractivity (Wildman–Crippen MR) is 135 cm³/mol. The maximum atomic E-state index is 6.47. The first kappa shape index (κ1) is 24.0. The molecule has 4 aromatic rings. The molecule has 2 N–H and O–H groups in total. The van der Waals surface area contributed by atoms with E-state index in [1.54, 1.807) is 17.7 Å². The zero-order valence-electron chi connectivity index (χ0n) is 20.0. The lowest BCUT2D eigenvalue weighted by Gasteiger charge is -2.26. The van der Waals surface area contributed by atoms with Gasteiger partial charge in [-0.3, -0.25) is 9.47 Å². The first-order valence-corrected chi connectivity index (χ1v) is 11.8. The predicted octanol–water partition coefficient (Wildman–Crippen LogP) is 2.84. The van der Waals surface area contributed by atoms with E-state index in [-0.39, 0.29) is 5.28 Å². The molecule has 1 aliphatic rings. The second-order valence-electron chi connectivity index (χ2n) is 8.02. The summed E-state index contributed by atoms with van der Waals surface area (Å²) in [6.07, 6.45) is 1.39. The Labute approximate surface area is 212 Å². The third kappa shape index (κ3) is 4.60. The highest BCUT2D eigenvalue weighted by atomic mass is 35.5. The molecule has 1 aliphatic heterocycles. The number of aromatic nitrogens is 5. The summed E-state index contributed by atoms with van der Waals surface area (Å²) in [7, 11) is 3.07. The Morgan fingerprint density at radius 3 is 2.61 bits per heavy atom. The van der Waals surface area contributed by atoms with Gasteiger partial charge in [0.1, 0.15) is 12.9 Å². The van der Waals surface area contributed by atoms with Crippen LogP contribution in [0.5, 0.6) is 17.2 Å². The molecule has 0 amide bonds. The van der Waals surface area contributed by atoms with Crippen molar-refractivity contribution in [2.45, 2.75) is 0 Å². The van der Waals surface area contributed by atoms with Crippen LogP contribution in [0.25, 0.3) is 28.4 Å². The molecule has 0 spiro atoms. The Balaban J connectivity index is 1.49. The highest BCUT2D eigenvalue weighted by Crippen LogP contribution is 2.47. The average molecular weight is 512 g/mol. The Morgan fingerprint density at radius 2 is 1.83 bits per heavy atom. The maximum Gasteiger partial charge on any atom is 0.240 e. The van der Waals surface area contributed by atoms with Crippen LogP contribution >= 0.6 is 11.6 Å². The second kappa shape index (κ2) is 10.5. The number of nitrogens with two attached hydrogens (primary N) is 1. The molecule has 2 aromatic heterocycles. The molecule has 1 fully saturated rings. The van der Waals surface area contributed by atoms with Crippen molar-refractivity contribution < 1.29 is 18.9 Å². The number of fused-ring (bicyclic) bond motifs is 1. The van der Waals surface area contributed by atoms with Gasteiger partial charge in [-0.15, -0.1) is 0 Å². The van der Waals surface area contributed by atoms with Crippen LogP contribution in [0, 0.1) is 0 Å². The van der Waals surface area contributed by atoms with E-state index in [2.05, 4.69) is 24.8 Å². The van der Waals surface area contributed by atoms with Gasteiger partial charge in [0.25, 0.3) is 0 Å². The summed E-state index contributed by atoms with van der Waals surface area (Å²) < 4.78 is 24.4. The lowest BCUT2D eigenvalue weighted by atomic mass is 10.1. The molecule has 2 aromatic carbocycles. The number of methoxy groups -OCH3 is 2. The summed E-state index contributed by atoms with van der Waals surface area (Å²) in [5.74, 6) is 1.82. The van der Waals surface area contributed by atoms with Gasteiger partial charge in [-0.1, -0.05) is 12.1 Å². The molecule has 0 bridgehead atoms. The molecule has 188 valence electrons. The number of halogens is 1. The van der Waals surface area contributed by atoms with E-state index in [1.807, 2.05) is 24.3 Å². The van der Waals surface area contributed by atoms with Gasteiger partial charge in [0.05, 0.1) is 49.7 Å². The number of para-hydroxylation sites is 2. The van der Waals surface area contributed by atoms with Crippen LogP contribution in [0.4, 0.5) is 5.69 Å². The number of morpholine rings is 1. The molecule has 0 radical (unpaired) electrons. The van der Waals surface area contributed by atoms with Crippen molar-refractivity contribution in [1.82, 2.24) is 29.4 Å². The van der Waals surface area contributed by atoms with Crippen LogP contribution in [0.3, 0.4) is 0 Å². The van der Waals surface area contributed by atoms with Crippen molar-refractivity contribution in [2.24, 2.45) is 0 Å². The van der Waals surface area contributed by atoms with Crippen LogP contribution in [0.2, 0.25) is 5.28 Å². The van der Waals surface area contributed by atoms with E-state index in [4.69, 9.17) is 36.3 Å². The average Bonchev–Trinajstić information content (AvgIpc) is 3.24. The largest absolute Gasteiger partial charge is 0.492 e. The van der Waals surface area contributed by atoms with Gasteiger partial charge in [-0.2, -0.15) is 4.98 Å². The van der Waals surface area contributed by atoms with Crippen molar-refractivity contribution in [3.05, 3.63) is 41.9 Å². The highest BCUT2D eigenvalue weighted by Gasteiger charge is 2.24. The Bertz CT molecular complexity index is 1370. The van der Waals surface area contributed by atoms with Crippen molar-refractivity contribution in [3.8, 4) is 34.6 Å². The Morgan fingerprint density at radius 1 is 1.06 bits per heavy atom. The summed E-state index contributed by atoms with van der Waals surface area (Å²) in [6.45, 7) is 4.43. The number of benzene rings is 2. The van der Waals surface area contributed by atoms with E-state index in [0.717, 1.165) is 43.9 Å². The van der Waals surface area contributed by atoms with Gasteiger partial charge in [-0.25, -0.2) is 15.0 Å². The zero-order valence-corrected chi connectivity index (χ0v) is 20.7. The molecule has 0 saturated carbocycles. The van der Waals surface area contributed by atoms with Gasteiger partial charge in [0.15, 0.2) is 17.3 Å². The molecule has 36 heavy (non-hydrogen) atoms. The van der Waals surface area contributed by atoms with Gasteiger partial charge in [-0.05, 0) is 23.7 Å². The lowest BCUT2D eigenvalue weighted by molar-refractivity contribution is 0.0321. The van der Waals surface area contributed by atoms with Crippen molar-refractivity contribution in [3.63, 3.8) is 0 Å². The molecule has 12 heteroatoms. The van der Waals surface area contributed by atoms with E-state index >= 15 is 0 Å². The minimum Gasteiger partial charge on any atom is -0.492 e. The minimum absolute atomic E-state index is 0.231. The fourth-order valence-corrected chi connectivity index (χ4v) is 4.43. The van der Waals surface area contributed by atoms with Gasteiger partial charge in [0.2, 0.25) is 17.0 Å². The normalized spacial score (nSPS) is 14.2. The molecule has 0 unspecified atom stereocenters. The molecule has 1 saturated heterocycles. The number of ether oxygens (including phenoxy) is 4. The number of nitrogen functional groups attached to an aromatic ring is 1. The van der Waals surface area contributed by atoms with Crippen molar-refractivity contribution in [2.75, 3.05) is 59.4 Å². The Kier molecular flexibility index (Phi) is 7.03. The summed E-state index contributed by atoms with van der Waals surface area (Å²) in [4.78, 5) is 20.0. The quantitative estimate of drug-likeness (QED) is 0.353. The number of nitrogens with zero attached hydrogens (tertiary/aromatic N) is 6. The van der Waals surface area contributed by atoms with E-state index in [1.165, 1.54) is 13.4 Å². The summed E-state index contributed by atoms with van der Waals surface area (Å²) >= 11 is 6.42. The first-order chi connectivity index (χ1) is 17.6. The SMILES string of the molecule is COc1c(OCCN2CCOCC2)cc(N)c(-c2ncnc(-n3c(Cl)nc4ccccc43)n2)c1OC. The van der Waals surface area contributed by atoms with Gasteiger partial charge >= 0.3 is 0 Å². The van der Waals surface area contributed by atoms with Crippen LogP contribution in [-0.4, -0.2) is 83.1 Å². The fourth-order valence-electron chi connectivity index (χ4n) is 4.17. The summed E-state index contributed by atoms with van der Waals surface area (Å²) in [5, 5.41) is 0.231. The zero-order chi connectivity index (χ0) is 25.1. The van der Waals surface area contributed by atoms with E-state index in [0.29, 0.717) is 46.9 Å². The van der Waals surface area contributed by atoms with Crippen molar-refractivity contribution >= 4 is 28.3 Å². The van der Waals surface area contributed by atoms with Crippen molar-refractivity contribution in [1.29, 1.82) is 0 Å². The van der Waals surface area contributed by atoms with E-state index < -0.39 is 0 Å².